The SMILES string of the molecule is CN(CCN(C)C1(OC(=O)C(O)(c2cccs2)c2cccs2)CCCCC1)C(=O)OC(C)(C)C. The third kappa shape index (κ3) is 6.00. The second kappa shape index (κ2) is 10.8. The predicted molar refractivity (Wildman–Crippen MR) is 135 cm³/mol. The van der Waals surface area contributed by atoms with Crippen LogP contribution in [-0.2, 0) is 19.9 Å². The number of hydrogen-bond donors (Lipinski definition) is 1. The second-order valence-electron chi connectivity index (χ2n) is 9.88. The maximum Gasteiger partial charge on any atom is 0.410 e. The van der Waals surface area contributed by atoms with E-state index in [-0.39, 0.29) is 6.09 Å². The van der Waals surface area contributed by atoms with Crippen LogP contribution in [0.25, 0.3) is 0 Å². The van der Waals surface area contributed by atoms with Gasteiger partial charge in [0.2, 0.25) is 5.60 Å². The molecule has 0 spiro atoms. The van der Waals surface area contributed by atoms with Crippen molar-refractivity contribution in [3.05, 3.63) is 44.8 Å². The van der Waals surface area contributed by atoms with Gasteiger partial charge in [-0.2, -0.15) is 0 Å². The number of rotatable bonds is 8. The number of ether oxygens (including phenoxy) is 2. The Kier molecular flexibility index (Phi) is 8.44. The number of amides is 1. The van der Waals surface area contributed by atoms with E-state index in [4.69, 9.17) is 9.47 Å². The van der Waals surface area contributed by atoms with Gasteiger partial charge < -0.3 is 19.5 Å². The molecular weight excluding hydrogens is 472 g/mol. The van der Waals surface area contributed by atoms with Crippen molar-refractivity contribution in [3.63, 3.8) is 0 Å². The molecule has 34 heavy (non-hydrogen) atoms. The van der Waals surface area contributed by atoms with Crippen LogP contribution in [0, 0.1) is 0 Å². The Labute approximate surface area is 210 Å². The summed E-state index contributed by atoms with van der Waals surface area (Å²) in [5.74, 6) is -0.661. The normalized spacial score (nSPS) is 16.3. The Morgan fingerprint density at radius 3 is 2.03 bits per heavy atom. The average molecular weight is 509 g/mol. The highest BCUT2D eigenvalue weighted by Gasteiger charge is 2.49. The van der Waals surface area contributed by atoms with Gasteiger partial charge in [-0.05, 0) is 63.6 Å². The lowest BCUT2D eigenvalue weighted by Gasteiger charge is -2.45. The molecule has 0 aromatic carbocycles. The van der Waals surface area contributed by atoms with Crippen LogP contribution in [0.3, 0.4) is 0 Å². The van der Waals surface area contributed by atoms with E-state index in [0.29, 0.717) is 35.7 Å². The molecule has 1 saturated carbocycles. The van der Waals surface area contributed by atoms with Crippen molar-refractivity contribution in [2.24, 2.45) is 0 Å². The molecule has 9 heteroatoms. The van der Waals surface area contributed by atoms with Gasteiger partial charge in [-0.25, -0.2) is 9.59 Å². The van der Waals surface area contributed by atoms with Crippen molar-refractivity contribution >= 4 is 34.7 Å². The summed E-state index contributed by atoms with van der Waals surface area (Å²) >= 11 is 2.66. The van der Waals surface area contributed by atoms with Crippen LogP contribution >= 0.6 is 22.7 Å². The van der Waals surface area contributed by atoms with Gasteiger partial charge >= 0.3 is 12.1 Å². The van der Waals surface area contributed by atoms with E-state index in [0.717, 1.165) is 19.3 Å². The van der Waals surface area contributed by atoms with E-state index in [1.54, 1.807) is 19.2 Å². The minimum atomic E-state index is -1.85. The Balaban J connectivity index is 1.78. The minimum Gasteiger partial charge on any atom is -0.444 e. The third-order valence-electron chi connectivity index (χ3n) is 6.14. The van der Waals surface area contributed by atoms with Crippen LogP contribution < -0.4 is 0 Å². The lowest BCUT2D eigenvalue weighted by Crippen LogP contribution is -2.55. The summed E-state index contributed by atoms with van der Waals surface area (Å²) in [4.78, 5) is 30.7. The van der Waals surface area contributed by atoms with Crippen molar-refractivity contribution in [1.82, 2.24) is 9.80 Å². The number of likely N-dealkylation sites (N-methyl/N-ethyl adjacent to an activating group) is 2. The third-order valence-corrected chi connectivity index (χ3v) is 8.10. The number of aliphatic hydroxyl groups is 1. The van der Waals surface area contributed by atoms with Gasteiger partial charge in [0.25, 0.3) is 0 Å². The lowest BCUT2D eigenvalue weighted by molar-refractivity contribution is -0.206. The Morgan fingerprint density at radius 1 is 1.00 bits per heavy atom. The Morgan fingerprint density at radius 2 is 1.56 bits per heavy atom. The van der Waals surface area contributed by atoms with E-state index < -0.39 is 22.9 Å². The molecule has 2 aromatic rings. The van der Waals surface area contributed by atoms with E-state index in [1.165, 1.54) is 27.6 Å². The van der Waals surface area contributed by atoms with E-state index in [2.05, 4.69) is 0 Å². The number of esters is 1. The van der Waals surface area contributed by atoms with Crippen molar-refractivity contribution in [3.8, 4) is 0 Å². The zero-order valence-electron chi connectivity index (χ0n) is 20.7. The molecule has 3 rings (SSSR count). The lowest BCUT2D eigenvalue weighted by atomic mass is 9.89. The first-order valence-electron chi connectivity index (χ1n) is 11.7. The summed E-state index contributed by atoms with van der Waals surface area (Å²) in [6.45, 7) is 6.43. The standard InChI is InChI=1S/C25H36N2O5S2/c1-23(2,3)32-22(29)26(4)15-16-27(5)24(13-7-6-8-14-24)31-21(28)25(30,19-11-9-17-33-19)20-12-10-18-34-20/h9-12,17-18,30H,6-8,13-16H2,1-5H3. The van der Waals surface area contributed by atoms with Crippen molar-refractivity contribution in [2.45, 2.75) is 69.8 Å². The first-order valence-corrected chi connectivity index (χ1v) is 13.4. The fourth-order valence-corrected chi connectivity index (χ4v) is 5.85. The molecule has 2 aromatic heterocycles. The summed E-state index contributed by atoms with van der Waals surface area (Å²) in [5, 5.41) is 15.4. The van der Waals surface area contributed by atoms with Crippen molar-refractivity contribution in [2.75, 3.05) is 27.2 Å². The molecule has 0 bridgehead atoms. The second-order valence-corrected chi connectivity index (χ2v) is 11.8. The summed E-state index contributed by atoms with van der Waals surface area (Å²) < 4.78 is 11.7. The van der Waals surface area contributed by atoms with Gasteiger partial charge in [-0.1, -0.05) is 18.6 Å². The molecule has 188 valence electrons. The van der Waals surface area contributed by atoms with Gasteiger partial charge in [0.15, 0.2) is 5.72 Å². The monoisotopic (exact) mass is 508 g/mol. The largest absolute Gasteiger partial charge is 0.444 e. The summed E-state index contributed by atoms with van der Waals surface area (Å²) in [6.07, 6.45) is 3.89. The molecule has 7 nitrogen and oxygen atoms in total. The molecule has 0 aliphatic heterocycles. The number of carbonyl (C=O) groups is 2. The Bertz CT molecular complexity index is 897. The highest BCUT2D eigenvalue weighted by molar-refractivity contribution is 7.12. The zero-order valence-corrected chi connectivity index (χ0v) is 22.3. The quantitative estimate of drug-likeness (QED) is 0.397. The summed E-state index contributed by atoms with van der Waals surface area (Å²) in [7, 11) is 3.62. The molecule has 0 saturated heterocycles. The molecule has 0 radical (unpaired) electrons. The van der Waals surface area contributed by atoms with Crippen LogP contribution in [0.15, 0.2) is 35.0 Å². The molecule has 1 N–H and O–H groups in total. The molecule has 0 unspecified atom stereocenters. The van der Waals surface area contributed by atoms with Gasteiger partial charge in [0.05, 0.1) is 9.75 Å². The van der Waals surface area contributed by atoms with Crippen molar-refractivity contribution in [1.29, 1.82) is 0 Å². The molecule has 0 atom stereocenters. The average Bonchev–Trinajstić information content (AvgIpc) is 3.51. The molecule has 1 amide bonds. The zero-order chi connectivity index (χ0) is 25.0. The van der Waals surface area contributed by atoms with Crippen LogP contribution in [0.2, 0.25) is 0 Å². The van der Waals surface area contributed by atoms with Gasteiger partial charge in [0, 0.05) is 33.0 Å². The van der Waals surface area contributed by atoms with E-state index >= 15 is 0 Å². The van der Waals surface area contributed by atoms with Gasteiger partial charge in [-0.3, -0.25) is 4.90 Å². The van der Waals surface area contributed by atoms with Gasteiger partial charge in [0.1, 0.15) is 5.60 Å². The molecule has 1 aliphatic rings. The van der Waals surface area contributed by atoms with Crippen LogP contribution in [0.1, 0.15) is 62.6 Å². The smallest absolute Gasteiger partial charge is 0.410 e. The van der Waals surface area contributed by atoms with E-state index in [1.807, 2.05) is 55.6 Å². The van der Waals surface area contributed by atoms with Crippen LogP contribution in [0.5, 0.6) is 0 Å². The highest BCUT2D eigenvalue weighted by Crippen LogP contribution is 2.41. The fraction of sp³-hybridized carbons (Fsp3) is 0.600. The molecular formula is C25H36N2O5S2. The summed E-state index contributed by atoms with van der Waals surface area (Å²) in [6, 6.07) is 7.17. The topological polar surface area (TPSA) is 79.3 Å². The van der Waals surface area contributed by atoms with Crippen molar-refractivity contribution < 1.29 is 24.2 Å². The number of carbonyl (C=O) groups excluding carboxylic acids is 2. The fourth-order valence-electron chi connectivity index (χ4n) is 4.14. The highest BCUT2D eigenvalue weighted by atomic mass is 32.1. The molecule has 1 aliphatic carbocycles. The molecule has 1 fully saturated rings. The number of thiophene rings is 2. The molecule has 2 heterocycles. The van der Waals surface area contributed by atoms with Gasteiger partial charge in [-0.15, -0.1) is 22.7 Å². The Hall–Kier alpha value is -1.94. The first kappa shape index (κ1) is 26.7. The van der Waals surface area contributed by atoms with Crippen LogP contribution in [-0.4, -0.2) is 65.5 Å². The maximum absolute atomic E-state index is 13.7. The predicted octanol–water partition coefficient (Wildman–Crippen LogP) is 5.05. The maximum atomic E-state index is 13.7. The van der Waals surface area contributed by atoms with Crippen LogP contribution in [0.4, 0.5) is 4.79 Å². The minimum absolute atomic E-state index is 0.389. The number of nitrogens with zero attached hydrogens (tertiary/aromatic N) is 2. The first-order chi connectivity index (χ1) is 16.0. The number of hydrogen-bond acceptors (Lipinski definition) is 8. The van der Waals surface area contributed by atoms with E-state index in [9.17, 15) is 14.7 Å². The summed E-state index contributed by atoms with van der Waals surface area (Å²) in [5.41, 5.74) is -3.25.